The van der Waals surface area contributed by atoms with E-state index in [4.69, 9.17) is 0 Å². The van der Waals surface area contributed by atoms with Gasteiger partial charge in [0.1, 0.15) is 0 Å². The Morgan fingerprint density at radius 2 is 1.80 bits per heavy atom. The van der Waals surface area contributed by atoms with Gasteiger partial charge in [-0.3, -0.25) is 4.90 Å². The minimum atomic E-state index is -0.354. The van der Waals surface area contributed by atoms with Crippen molar-refractivity contribution >= 4 is 11.8 Å². The highest BCUT2D eigenvalue weighted by Gasteiger charge is 2.10. The molecule has 0 aromatic heterocycles. The number of methoxy groups -OCH3 is 1. The first-order chi connectivity index (χ1) is 7.06. The van der Waals surface area contributed by atoms with Gasteiger partial charge >= 0.3 is 6.09 Å². The van der Waals surface area contributed by atoms with E-state index >= 15 is 0 Å². The first-order valence-corrected chi connectivity index (χ1v) is 4.98. The molecule has 0 atom stereocenters. The largest absolute Gasteiger partial charge is 0.452 e. The number of hydrogen-bond acceptors (Lipinski definition) is 2. The average Bonchev–Trinajstić information content (AvgIpc) is 2.27. The number of carbonyl (C=O) groups is 1. The van der Waals surface area contributed by atoms with Gasteiger partial charge in [0.15, 0.2) is 0 Å². The smallest absolute Gasteiger partial charge is 0.413 e. The van der Waals surface area contributed by atoms with Crippen LogP contribution in [0.1, 0.15) is 25.3 Å². The van der Waals surface area contributed by atoms with Crippen molar-refractivity contribution in [3.63, 3.8) is 0 Å². The number of ether oxygens (including phenoxy) is 1. The lowest BCUT2D eigenvalue weighted by Gasteiger charge is -2.16. The van der Waals surface area contributed by atoms with Crippen LogP contribution in [0.2, 0.25) is 0 Å². The van der Waals surface area contributed by atoms with Gasteiger partial charge in [0, 0.05) is 12.7 Å². The minimum Gasteiger partial charge on any atom is -0.452 e. The number of amides is 1. The third-order valence-corrected chi connectivity index (χ3v) is 2.40. The lowest BCUT2D eigenvalue weighted by molar-refractivity contribution is 0.180. The molecule has 82 valence electrons. The summed E-state index contributed by atoms with van der Waals surface area (Å²) in [6.07, 6.45) is -0.354. The topological polar surface area (TPSA) is 29.5 Å². The van der Waals surface area contributed by atoms with Crippen molar-refractivity contribution in [2.45, 2.75) is 19.8 Å². The van der Waals surface area contributed by atoms with Crippen molar-refractivity contribution in [2.24, 2.45) is 0 Å². The Morgan fingerprint density at radius 1 is 1.27 bits per heavy atom. The molecule has 0 spiro atoms. The van der Waals surface area contributed by atoms with Gasteiger partial charge in [-0.2, -0.15) is 0 Å². The van der Waals surface area contributed by atoms with E-state index < -0.39 is 0 Å². The van der Waals surface area contributed by atoms with Crippen LogP contribution in [0.15, 0.2) is 24.3 Å². The Bertz CT molecular complexity index is 330. The molecule has 0 unspecified atom stereocenters. The molecule has 3 heteroatoms. The maximum atomic E-state index is 11.2. The third-order valence-electron chi connectivity index (χ3n) is 2.40. The van der Waals surface area contributed by atoms with Gasteiger partial charge in [0.25, 0.3) is 0 Å². The zero-order chi connectivity index (χ0) is 11.4. The summed E-state index contributed by atoms with van der Waals surface area (Å²) >= 11 is 0. The fraction of sp³-hybridized carbons (Fsp3) is 0.417. The van der Waals surface area contributed by atoms with E-state index in [1.165, 1.54) is 17.6 Å². The number of carbonyl (C=O) groups excluding carboxylic acids is 1. The quantitative estimate of drug-likeness (QED) is 0.746. The lowest BCUT2D eigenvalue weighted by atomic mass is 10.0. The Hall–Kier alpha value is -1.51. The monoisotopic (exact) mass is 207 g/mol. The molecular formula is C12H17NO2. The zero-order valence-electron chi connectivity index (χ0n) is 9.65. The van der Waals surface area contributed by atoms with Crippen molar-refractivity contribution in [3.05, 3.63) is 29.8 Å². The van der Waals surface area contributed by atoms with Crippen LogP contribution in [0, 0.1) is 0 Å². The van der Waals surface area contributed by atoms with Gasteiger partial charge in [0.05, 0.1) is 7.11 Å². The molecule has 0 N–H and O–H groups in total. The number of rotatable bonds is 2. The van der Waals surface area contributed by atoms with E-state index in [2.05, 4.69) is 18.6 Å². The second-order valence-corrected chi connectivity index (χ2v) is 3.78. The van der Waals surface area contributed by atoms with Crippen LogP contribution in [-0.2, 0) is 4.74 Å². The molecule has 0 aliphatic rings. The summed E-state index contributed by atoms with van der Waals surface area (Å²) in [4.78, 5) is 12.7. The molecule has 0 saturated carbocycles. The van der Waals surface area contributed by atoms with E-state index in [0.717, 1.165) is 5.69 Å². The Morgan fingerprint density at radius 3 is 2.20 bits per heavy atom. The molecule has 15 heavy (non-hydrogen) atoms. The molecular weight excluding hydrogens is 190 g/mol. The molecule has 1 aromatic carbocycles. The van der Waals surface area contributed by atoms with Gasteiger partial charge < -0.3 is 4.74 Å². The van der Waals surface area contributed by atoms with E-state index in [1.807, 2.05) is 24.3 Å². The van der Waals surface area contributed by atoms with Gasteiger partial charge in [-0.05, 0) is 23.6 Å². The summed E-state index contributed by atoms with van der Waals surface area (Å²) in [6.45, 7) is 4.28. The zero-order valence-corrected chi connectivity index (χ0v) is 9.65. The fourth-order valence-electron chi connectivity index (χ4n) is 1.33. The molecule has 0 saturated heterocycles. The standard InChI is InChI=1S/C12H17NO2/c1-9(2)10-5-7-11(8-6-10)13(3)12(14)15-4/h5-9H,1-4H3. The lowest BCUT2D eigenvalue weighted by Crippen LogP contribution is -2.25. The predicted molar refractivity (Wildman–Crippen MR) is 61.3 cm³/mol. The minimum absolute atomic E-state index is 0.354. The van der Waals surface area contributed by atoms with Crippen molar-refractivity contribution in [1.82, 2.24) is 0 Å². The van der Waals surface area contributed by atoms with Crippen molar-refractivity contribution in [2.75, 3.05) is 19.1 Å². The fourth-order valence-corrected chi connectivity index (χ4v) is 1.33. The summed E-state index contributed by atoms with van der Waals surface area (Å²) in [5.74, 6) is 0.502. The maximum Gasteiger partial charge on any atom is 0.413 e. The Balaban J connectivity index is 2.84. The first kappa shape index (κ1) is 11.6. The number of anilines is 1. The molecule has 0 aliphatic heterocycles. The normalized spacial score (nSPS) is 10.2. The van der Waals surface area contributed by atoms with Crippen LogP contribution in [-0.4, -0.2) is 20.3 Å². The van der Waals surface area contributed by atoms with Crippen molar-refractivity contribution in [1.29, 1.82) is 0 Å². The second kappa shape index (κ2) is 4.82. The van der Waals surface area contributed by atoms with E-state index in [-0.39, 0.29) is 6.09 Å². The molecule has 0 bridgehead atoms. The van der Waals surface area contributed by atoms with Crippen LogP contribution >= 0.6 is 0 Å². The highest BCUT2D eigenvalue weighted by molar-refractivity contribution is 5.86. The average molecular weight is 207 g/mol. The molecule has 0 aliphatic carbocycles. The third kappa shape index (κ3) is 2.72. The van der Waals surface area contributed by atoms with Crippen LogP contribution in [0.5, 0.6) is 0 Å². The second-order valence-electron chi connectivity index (χ2n) is 3.78. The summed E-state index contributed by atoms with van der Waals surface area (Å²) in [6, 6.07) is 7.90. The highest BCUT2D eigenvalue weighted by Crippen LogP contribution is 2.19. The van der Waals surface area contributed by atoms with Crippen molar-refractivity contribution in [3.8, 4) is 0 Å². The molecule has 1 aromatic rings. The number of benzene rings is 1. The maximum absolute atomic E-state index is 11.2. The van der Waals surface area contributed by atoms with E-state index in [9.17, 15) is 4.79 Å². The Kier molecular flexibility index (Phi) is 3.72. The van der Waals surface area contributed by atoms with Gasteiger partial charge in [-0.1, -0.05) is 26.0 Å². The van der Waals surface area contributed by atoms with Gasteiger partial charge in [0.2, 0.25) is 0 Å². The summed E-state index contributed by atoms with van der Waals surface area (Å²) in [5, 5.41) is 0. The highest BCUT2D eigenvalue weighted by atomic mass is 16.5. The predicted octanol–water partition coefficient (Wildman–Crippen LogP) is 3.01. The summed E-state index contributed by atoms with van der Waals surface area (Å²) < 4.78 is 4.63. The summed E-state index contributed by atoms with van der Waals surface area (Å²) in [5.41, 5.74) is 2.10. The van der Waals surface area contributed by atoms with Crippen LogP contribution in [0.4, 0.5) is 10.5 Å². The summed E-state index contributed by atoms with van der Waals surface area (Å²) in [7, 11) is 3.07. The molecule has 0 radical (unpaired) electrons. The molecule has 3 nitrogen and oxygen atoms in total. The van der Waals surface area contributed by atoms with E-state index in [1.54, 1.807) is 7.05 Å². The molecule has 0 heterocycles. The van der Waals surface area contributed by atoms with Crippen LogP contribution in [0.3, 0.4) is 0 Å². The molecule has 1 rings (SSSR count). The first-order valence-electron chi connectivity index (χ1n) is 4.98. The molecule has 0 fully saturated rings. The van der Waals surface area contributed by atoms with E-state index in [0.29, 0.717) is 5.92 Å². The van der Waals surface area contributed by atoms with Gasteiger partial charge in [-0.25, -0.2) is 4.79 Å². The SMILES string of the molecule is COC(=O)N(C)c1ccc(C(C)C)cc1. The number of nitrogens with zero attached hydrogens (tertiary/aromatic N) is 1. The van der Waals surface area contributed by atoms with Gasteiger partial charge in [-0.15, -0.1) is 0 Å². The van der Waals surface area contributed by atoms with Crippen molar-refractivity contribution < 1.29 is 9.53 Å². The molecule has 1 amide bonds. The van der Waals surface area contributed by atoms with Crippen LogP contribution in [0.25, 0.3) is 0 Å². The van der Waals surface area contributed by atoms with Crippen LogP contribution < -0.4 is 4.90 Å². The number of hydrogen-bond donors (Lipinski definition) is 0. The Labute approximate surface area is 90.7 Å².